The second-order valence-corrected chi connectivity index (χ2v) is 9.74. The molecule has 1 aliphatic heterocycles. The van der Waals surface area contributed by atoms with E-state index in [4.69, 9.17) is 4.99 Å². The van der Waals surface area contributed by atoms with Crippen molar-refractivity contribution >= 4 is 28.6 Å². The van der Waals surface area contributed by atoms with Crippen LogP contribution in [0.25, 0.3) is 0 Å². The Morgan fingerprint density at radius 1 is 1.18 bits per heavy atom. The van der Waals surface area contributed by atoms with Crippen molar-refractivity contribution in [3.05, 3.63) is 31.7 Å². The Labute approximate surface area is 176 Å². The Hall–Kier alpha value is -1.51. The van der Waals surface area contributed by atoms with E-state index in [1.54, 1.807) is 22.7 Å². The van der Waals surface area contributed by atoms with Gasteiger partial charge in [-0.3, -0.25) is 4.90 Å². The first-order valence-corrected chi connectivity index (χ1v) is 11.8. The van der Waals surface area contributed by atoms with Crippen LogP contribution in [0.4, 0.5) is 0 Å². The fourth-order valence-electron chi connectivity index (χ4n) is 3.51. The number of rotatable bonds is 7. The second kappa shape index (κ2) is 10.3. The maximum absolute atomic E-state index is 4.76. The van der Waals surface area contributed by atoms with Gasteiger partial charge in [0.25, 0.3) is 0 Å². The molecule has 154 valence electrons. The normalized spacial score (nSPS) is 16.5. The molecule has 0 spiro atoms. The first-order valence-electron chi connectivity index (χ1n) is 10.1. The maximum Gasteiger partial charge on any atom is 0.191 e. The van der Waals surface area contributed by atoms with Crippen LogP contribution in [0.5, 0.6) is 0 Å². The van der Waals surface area contributed by atoms with Crippen molar-refractivity contribution < 1.29 is 0 Å². The SMILES string of the molecule is CCNC(=NCc1sc(C)nc1C)NCC1CCN(Cc2csc(C)n2)CC1. The van der Waals surface area contributed by atoms with Crippen LogP contribution in [0.1, 0.15) is 46.0 Å². The van der Waals surface area contributed by atoms with Gasteiger partial charge >= 0.3 is 0 Å². The summed E-state index contributed by atoms with van der Waals surface area (Å²) >= 11 is 3.48. The molecule has 0 unspecified atom stereocenters. The molecular weight excluding hydrogens is 388 g/mol. The zero-order valence-electron chi connectivity index (χ0n) is 17.4. The van der Waals surface area contributed by atoms with Crippen molar-refractivity contribution in [3.8, 4) is 0 Å². The number of aliphatic imine (C=N–C) groups is 1. The highest BCUT2D eigenvalue weighted by Crippen LogP contribution is 2.20. The van der Waals surface area contributed by atoms with Gasteiger partial charge in [0.05, 0.1) is 27.9 Å². The lowest BCUT2D eigenvalue weighted by Gasteiger charge is -2.31. The van der Waals surface area contributed by atoms with Crippen LogP contribution in [0.2, 0.25) is 0 Å². The number of thiazole rings is 2. The minimum Gasteiger partial charge on any atom is -0.357 e. The first-order chi connectivity index (χ1) is 13.5. The molecule has 28 heavy (non-hydrogen) atoms. The summed E-state index contributed by atoms with van der Waals surface area (Å²) in [5, 5.41) is 11.4. The van der Waals surface area contributed by atoms with E-state index >= 15 is 0 Å². The van der Waals surface area contributed by atoms with E-state index in [1.165, 1.54) is 23.4 Å². The van der Waals surface area contributed by atoms with Gasteiger partial charge in [-0.05, 0) is 59.5 Å². The Kier molecular flexibility index (Phi) is 7.82. The minimum atomic E-state index is 0.693. The van der Waals surface area contributed by atoms with Crippen molar-refractivity contribution in [1.29, 1.82) is 0 Å². The molecule has 3 heterocycles. The molecule has 0 aliphatic carbocycles. The van der Waals surface area contributed by atoms with Gasteiger partial charge in [-0.1, -0.05) is 0 Å². The molecule has 0 amide bonds. The van der Waals surface area contributed by atoms with Crippen LogP contribution < -0.4 is 10.6 Å². The molecule has 2 N–H and O–H groups in total. The van der Waals surface area contributed by atoms with Gasteiger partial charge in [-0.15, -0.1) is 22.7 Å². The predicted molar refractivity (Wildman–Crippen MR) is 119 cm³/mol. The van der Waals surface area contributed by atoms with E-state index in [2.05, 4.69) is 58.6 Å². The topological polar surface area (TPSA) is 65.4 Å². The zero-order chi connectivity index (χ0) is 19.9. The zero-order valence-corrected chi connectivity index (χ0v) is 19.0. The van der Waals surface area contributed by atoms with Crippen molar-refractivity contribution in [2.75, 3.05) is 26.2 Å². The highest BCUT2D eigenvalue weighted by Gasteiger charge is 2.20. The summed E-state index contributed by atoms with van der Waals surface area (Å²) in [6, 6.07) is 0. The molecule has 1 aliphatic rings. The summed E-state index contributed by atoms with van der Waals surface area (Å²) in [7, 11) is 0. The van der Waals surface area contributed by atoms with Crippen molar-refractivity contribution in [1.82, 2.24) is 25.5 Å². The number of likely N-dealkylation sites (tertiary alicyclic amines) is 1. The summed E-state index contributed by atoms with van der Waals surface area (Å²) in [6.07, 6.45) is 2.45. The molecular formula is C20H32N6S2. The van der Waals surface area contributed by atoms with Crippen LogP contribution in [0, 0.1) is 26.7 Å². The van der Waals surface area contributed by atoms with Gasteiger partial charge in [0, 0.05) is 29.9 Å². The Morgan fingerprint density at radius 3 is 2.57 bits per heavy atom. The van der Waals surface area contributed by atoms with Gasteiger partial charge in [0.2, 0.25) is 0 Å². The monoisotopic (exact) mass is 420 g/mol. The molecule has 0 atom stereocenters. The third-order valence-electron chi connectivity index (χ3n) is 5.04. The van der Waals surface area contributed by atoms with Crippen LogP contribution in [-0.4, -0.2) is 47.0 Å². The molecule has 2 aromatic rings. The third-order valence-corrected chi connectivity index (χ3v) is 6.92. The average Bonchev–Trinajstić information content (AvgIpc) is 3.22. The number of piperidine rings is 1. The highest BCUT2D eigenvalue weighted by atomic mass is 32.1. The van der Waals surface area contributed by atoms with E-state index in [1.807, 2.05) is 0 Å². The number of aromatic nitrogens is 2. The molecule has 0 saturated carbocycles. The maximum atomic E-state index is 4.76. The van der Waals surface area contributed by atoms with Gasteiger partial charge in [0.15, 0.2) is 5.96 Å². The Balaban J connectivity index is 1.44. The Morgan fingerprint density at radius 2 is 1.96 bits per heavy atom. The number of nitrogens with one attached hydrogen (secondary N) is 2. The van der Waals surface area contributed by atoms with Crippen molar-refractivity contribution in [3.63, 3.8) is 0 Å². The second-order valence-electron chi connectivity index (χ2n) is 7.39. The van der Waals surface area contributed by atoms with E-state index in [9.17, 15) is 0 Å². The summed E-state index contributed by atoms with van der Waals surface area (Å²) in [4.78, 5) is 17.6. The number of hydrogen-bond donors (Lipinski definition) is 2. The molecule has 2 aromatic heterocycles. The summed E-state index contributed by atoms with van der Waals surface area (Å²) in [5.41, 5.74) is 2.32. The molecule has 0 aromatic carbocycles. The molecule has 8 heteroatoms. The fourth-order valence-corrected chi connectivity index (χ4v) is 4.98. The van der Waals surface area contributed by atoms with E-state index < -0.39 is 0 Å². The van der Waals surface area contributed by atoms with Gasteiger partial charge in [-0.25, -0.2) is 15.0 Å². The standard InChI is InChI=1S/C20H32N6S2/c1-5-21-20(23-11-19-14(2)24-16(4)28-19)22-10-17-6-8-26(9-7-17)12-18-13-27-15(3)25-18/h13,17H,5-12H2,1-4H3,(H2,21,22,23). The largest absolute Gasteiger partial charge is 0.357 e. The lowest BCUT2D eigenvalue weighted by atomic mass is 9.97. The lowest BCUT2D eigenvalue weighted by Crippen LogP contribution is -2.42. The highest BCUT2D eigenvalue weighted by molar-refractivity contribution is 7.11. The number of nitrogens with zero attached hydrogens (tertiary/aromatic N) is 4. The smallest absolute Gasteiger partial charge is 0.191 e. The molecule has 1 fully saturated rings. The van der Waals surface area contributed by atoms with E-state index in [-0.39, 0.29) is 0 Å². The fraction of sp³-hybridized carbons (Fsp3) is 0.650. The van der Waals surface area contributed by atoms with Crippen molar-refractivity contribution in [2.24, 2.45) is 10.9 Å². The lowest BCUT2D eigenvalue weighted by molar-refractivity contribution is 0.176. The van der Waals surface area contributed by atoms with E-state index in [0.29, 0.717) is 12.5 Å². The summed E-state index contributed by atoms with van der Waals surface area (Å²) in [6.45, 7) is 14.1. The van der Waals surface area contributed by atoms with Crippen LogP contribution in [-0.2, 0) is 13.1 Å². The van der Waals surface area contributed by atoms with Gasteiger partial charge in [0.1, 0.15) is 0 Å². The number of aryl methyl sites for hydroxylation is 3. The predicted octanol–water partition coefficient (Wildman–Crippen LogP) is 3.49. The average molecular weight is 421 g/mol. The molecule has 1 saturated heterocycles. The van der Waals surface area contributed by atoms with Crippen LogP contribution in [0.3, 0.4) is 0 Å². The van der Waals surface area contributed by atoms with Gasteiger partial charge in [-0.2, -0.15) is 0 Å². The minimum absolute atomic E-state index is 0.693. The third kappa shape index (κ3) is 6.25. The van der Waals surface area contributed by atoms with Crippen LogP contribution in [0.15, 0.2) is 10.4 Å². The summed E-state index contributed by atoms with van der Waals surface area (Å²) in [5.74, 6) is 1.61. The summed E-state index contributed by atoms with van der Waals surface area (Å²) < 4.78 is 0. The molecule has 6 nitrogen and oxygen atoms in total. The number of guanidine groups is 1. The molecule has 0 radical (unpaired) electrons. The Bertz CT molecular complexity index is 774. The first kappa shape index (κ1) is 21.2. The van der Waals surface area contributed by atoms with Crippen molar-refractivity contribution in [2.45, 2.75) is 53.6 Å². The number of hydrogen-bond acceptors (Lipinski definition) is 6. The quantitative estimate of drug-likeness (QED) is 0.530. The van der Waals surface area contributed by atoms with Gasteiger partial charge < -0.3 is 10.6 Å². The van der Waals surface area contributed by atoms with E-state index in [0.717, 1.165) is 54.4 Å². The molecule has 0 bridgehead atoms. The van der Waals surface area contributed by atoms with Crippen LogP contribution >= 0.6 is 22.7 Å². The molecule has 3 rings (SSSR count).